The molecule has 1 aromatic heterocycles. The van der Waals surface area contributed by atoms with Crippen LogP contribution in [0.3, 0.4) is 0 Å². The van der Waals surface area contributed by atoms with Gasteiger partial charge in [-0.3, -0.25) is 4.68 Å². The molecule has 0 bridgehead atoms. The highest BCUT2D eigenvalue weighted by atomic mass is 16.5. The lowest BCUT2D eigenvalue weighted by molar-refractivity contribution is 0.0598. The number of carbonyl (C=O) groups is 1. The van der Waals surface area contributed by atoms with Crippen LogP contribution in [-0.4, -0.2) is 22.9 Å². The van der Waals surface area contributed by atoms with Crippen LogP contribution in [-0.2, 0) is 17.7 Å². The second-order valence-corrected chi connectivity index (χ2v) is 3.07. The van der Waals surface area contributed by atoms with Gasteiger partial charge < -0.3 is 4.74 Å². The molecule has 4 heteroatoms. The zero-order valence-electron chi connectivity index (χ0n) is 9.13. The summed E-state index contributed by atoms with van der Waals surface area (Å²) in [6, 6.07) is 0. The van der Waals surface area contributed by atoms with E-state index in [-0.39, 0.29) is 5.97 Å². The Bertz CT molecular complexity index is 342. The molecule has 4 nitrogen and oxygen atoms in total. The predicted octanol–water partition coefficient (Wildman–Crippen LogP) is 1.56. The summed E-state index contributed by atoms with van der Waals surface area (Å²) in [4.78, 5) is 11.5. The van der Waals surface area contributed by atoms with E-state index < -0.39 is 0 Å². The Morgan fingerprint density at radius 1 is 1.50 bits per heavy atom. The zero-order chi connectivity index (χ0) is 10.7. The first kappa shape index (κ1) is 10.8. The highest BCUT2D eigenvalue weighted by molar-refractivity contribution is 5.91. The highest BCUT2D eigenvalue weighted by Gasteiger charge is 2.19. The Hall–Kier alpha value is -1.32. The summed E-state index contributed by atoms with van der Waals surface area (Å²) in [6.07, 6.45) is 0.791. The van der Waals surface area contributed by atoms with Gasteiger partial charge in [-0.05, 0) is 20.3 Å². The lowest BCUT2D eigenvalue weighted by Crippen LogP contribution is -2.08. The maximum Gasteiger partial charge on any atom is 0.341 e. The number of methoxy groups -OCH3 is 1. The zero-order valence-corrected chi connectivity index (χ0v) is 9.13. The molecule has 1 rings (SSSR count). The molecule has 0 aliphatic rings. The van der Waals surface area contributed by atoms with Crippen molar-refractivity contribution in [2.75, 3.05) is 7.11 Å². The molecule has 0 aliphatic carbocycles. The van der Waals surface area contributed by atoms with Crippen molar-refractivity contribution in [3.63, 3.8) is 0 Å². The Kier molecular flexibility index (Phi) is 3.28. The van der Waals surface area contributed by atoms with E-state index in [0.717, 1.165) is 24.4 Å². The van der Waals surface area contributed by atoms with E-state index in [1.807, 2.05) is 25.5 Å². The van der Waals surface area contributed by atoms with Crippen molar-refractivity contribution in [1.29, 1.82) is 0 Å². The lowest BCUT2D eigenvalue weighted by Gasteiger charge is -2.03. The molecule has 0 atom stereocenters. The van der Waals surface area contributed by atoms with Crippen LogP contribution in [0.5, 0.6) is 0 Å². The fraction of sp³-hybridized carbons (Fsp3) is 0.600. The monoisotopic (exact) mass is 196 g/mol. The maximum atomic E-state index is 11.5. The van der Waals surface area contributed by atoms with Gasteiger partial charge in [-0.2, -0.15) is 5.10 Å². The van der Waals surface area contributed by atoms with Crippen molar-refractivity contribution >= 4 is 5.97 Å². The number of ether oxygens (including phenoxy) is 1. The van der Waals surface area contributed by atoms with E-state index in [2.05, 4.69) is 5.10 Å². The number of hydrogen-bond donors (Lipinski definition) is 0. The number of nitrogens with zero attached hydrogens (tertiary/aromatic N) is 2. The topological polar surface area (TPSA) is 44.1 Å². The summed E-state index contributed by atoms with van der Waals surface area (Å²) in [6.45, 7) is 6.63. The molecule has 78 valence electrons. The largest absolute Gasteiger partial charge is 0.465 e. The van der Waals surface area contributed by atoms with Crippen LogP contribution in [0.25, 0.3) is 0 Å². The van der Waals surface area contributed by atoms with Crippen LogP contribution >= 0.6 is 0 Å². The Balaban J connectivity index is 3.25. The molecule has 0 radical (unpaired) electrons. The van der Waals surface area contributed by atoms with E-state index >= 15 is 0 Å². The van der Waals surface area contributed by atoms with E-state index in [0.29, 0.717) is 5.56 Å². The molecule has 0 N–H and O–H groups in total. The lowest BCUT2D eigenvalue weighted by atomic mass is 10.1. The van der Waals surface area contributed by atoms with Gasteiger partial charge >= 0.3 is 5.97 Å². The molecule has 0 saturated heterocycles. The van der Waals surface area contributed by atoms with Crippen LogP contribution in [0.1, 0.15) is 35.6 Å². The van der Waals surface area contributed by atoms with Gasteiger partial charge in [-0.1, -0.05) is 6.92 Å². The predicted molar refractivity (Wildman–Crippen MR) is 53.4 cm³/mol. The smallest absolute Gasteiger partial charge is 0.341 e. The third-order valence-electron chi connectivity index (χ3n) is 2.26. The van der Waals surface area contributed by atoms with E-state index in [1.165, 1.54) is 7.11 Å². The number of carbonyl (C=O) groups excluding carboxylic acids is 1. The van der Waals surface area contributed by atoms with Crippen molar-refractivity contribution in [1.82, 2.24) is 9.78 Å². The average molecular weight is 196 g/mol. The summed E-state index contributed by atoms with van der Waals surface area (Å²) < 4.78 is 6.57. The third-order valence-corrected chi connectivity index (χ3v) is 2.26. The van der Waals surface area contributed by atoms with Gasteiger partial charge in [0.15, 0.2) is 0 Å². The van der Waals surface area contributed by atoms with Gasteiger partial charge in [0.05, 0.1) is 18.5 Å². The molecule has 0 saturated carbocycles. The SMILES string of the molecule is CCc1c(C(=O)OC)c(C)nn1CC. The van der Waals surface area contributed by atoms with Crippen molar-refractivity contribution < 1.29 is 9.53 Å². The van der Waals surface area contributed by atoms with E-state index in [4.69, 9.17) is 4.74 Å². The first-order valence-corrected chi connectivity index (χ1v) is 4.80. The molecule has 0 fully saturated rings. The molecule has 1 heterocycles. The van der Waals surface area contributed by atoms with Gasteiger partial charge in [0.25, 0.3) is 0 Å². The molecule has 0 amide bonds. The molecule has 1 aromatic rings. The summed E-state index contributed by atoms with van der Waals surface area (Å²) in [5.74, 6) is -0.293. The molecule has 14 heavy (non-hydrogen) atoms. The molecule has 0 unspecified atom stereocenters. The number of aromatic nitrogens is 2. The van der Waals surface area contributed by atoms with Crippen LogP contribution in [0.2, 0.25) is 0 Å². The standard InChI is InChI=1S/C10H16N2O2/c1-5-8-9(10(13)14-4)7(3)11-12(8)6-2/h5-6H2,1-4H3. The van der Waals surface area contributed by atoms with Crippen molar-refractivity contribution in [2.24, 2.45) is 0 Å². The van der Waals surface area contributed by atoms with Crippen LogP contribution in [0.15, 0.2) is 0 Å². The Labute approximate surface area is 83.9 Å². The molecular weight excluding hydrogens is 180 g/mol. The minimum atomic E-state index is -0.293. The van der Waals surface area contributed by atoms with E-state index in [9.17, 15) is 4.79 Å². The maximum absolute atomic E-state index is 11.5. The molecule has 0 spiro atoms. The second kappa shape index (κ2) is 4.26. The van der Waals surface area contributed by atoms with Gasteiger partial charge in [-0.25, -0.2) is 4.79 Å². The molecular formula is C10H16N2O2. The van der Waals surface area contributed by atoms with Crippen molar-refractivity contribution in [3.05, 3.63) is 17.0 Å². The molecule has 0 aliphatic heterocycles. The Morgan fingerprint density at radius 2 is 2.14 bits per heavy atom. The third kappa shape index (κ3) is 1.64. The normalized spacial score (nSPS) is 10.3. The van der Waals surface area contributed by atoms with Crippen LogP contribution < -0.4 is 0 Å². The average Bonchev–Trinajstić information content (AvgIpc) is 2.53. The second-order valence-electron chi connectivity index (χ2n) is 3.07. The first-order chi connectivity index (χ1) is 6.65. The Morgan fingerprint density at radius 3 is 2.57 bits per heavy atom. The minimum absolute atomic E-state index is 0.293. The number of hydrogen-bond acceptors (Lipinski definition) is 3. The highest BCUT2D eigenvalue weighted by Crippen LogP contribution is 2.15. The molecule has 0 aromatic carbocycles. The van der Waals surface area contributed by atoms with Gasteiger partial charge in [0.2, 0.25) is 0 Å². The van der Waals surface area contributed by atoms with Crippen molar-refractivity contribution in [2.45, 2.75) is 33.7 Å². The summed E-state index contributed by atoms with van der Waals surface area (Å²) in [7, 11) is 1.39. The van der Waals surface area contributed by atoms with Gasteiger partial charge in [-0.15, -0.1) is 0 Å². The fourth-order valence-corrected chi connectivity index (χ4v) is 1.62. The van der Waals surface area contributed by atoms with Crippen molar-refractivity contribution in [3.8, 4) is 0 Å². The van der Waals surface area contributed by atoms with Gasteiger partial charge in [0.1, 0.15) is 5.56 Å². The van der Waals surface area contributed by atoms with Crippen LogP contribution in [0, 0.1) is 6.92 Å². The summed E-state index contributed by atoms with van der Waals surface area (Å²) >= 11 is 0. The quantitative estimate of drug-likeness (QED) is 0.689. The summed E-state index contributed by atoms with van der Waals surface area (Å²) in [5, 5.41) is 4.28. The fourth-order valence-electron chi connectivity index (χ4n) is 1.62. The number of aryl methyl sites for hydroxylation is 2. The first-order valence-electron chi connectivity index (χ1n) is 4.80. The van der Waals surface area contributed by atoms with Crippen LogP contribution in [0.4, 0.5) is 0 Å². The van der Waals surface area contributed by atoms with Gasteiger partial charge in [0, 0.05) is 6.54 Å². The number of rotatable bonds is 3. The summed E-state index contributed by atoms with van der Waals surface area (Å²) in [5.41, 5.74) is 2.32. The minimum Gasteiger partial charge on any atom is -0.465 e. The van der Waals surface area contributed by atoms with E-state index in [1.54, 1.807) is 0 Å². The number of esters is 1.